The standard InChI is InChI=1S/C12H23N3O/c1-4-15-8-6-13-12(15)14-7-10-16-9-5-11(2)3/h6,8,11H,4-5,7,9-10H2,1-3H3,(H,13,14). The fraction of sp³-hybridized carbons (Fsp3) is 0.750. The van der Waals surface area contributed by atoms with Crippen LogP contribution in [0.4, 0.5) is 5.95 Å². The third-order valence-corrected chi connectivity index (χ3v) is 2.43. The summed E-state index contributed by atoms with van der Waals surface area (Å²) >= 11 is 0. The van der Waals surface area contributed by atoms with E-state index < -0.39 is 0 Å². The van der Waals surface area contributed by atoms with Crippen molar-refractivity contribution >= 4 is 5.95 Å². The van der Waals surface area contributed by atoms with Crippen molar-refractivity contribution in [2.24, 2.45) is 5.92 Å². The lowest BCUT2D eigenvalue weighted by Gasteiger charge is -2.09. The quantitative estimate of drug-likeness (QED) is 0.690. The van der Waals surface area contributed by atoms with Gasteiger partial charge in [0.25, 0.3) is 0 Å². The molecule has 0 saturated heterocycles. The highest BCUT2D eigenvalue weighted by Gasteiger charge is 1.99. The average molecular weight is 225 g/mol. The minimum absolute atomic E-state index is 0.715. The van der Waals surface area contributed by atoms with Crippen LogP contribution < -0.4 is 5.32 Å². The molecular weight excluding hydrogens is 202 g/mol. The SMILES string of the molecule is CCn1ccnc1NCCOCCC(C)C. The zero-order valence-corrected chi connectivity index (χ0v) is 10.6. The normalized spacial score (nSPS) is 11.0. The molecule has 0 fully saturated rings. The maximum Gasteiger partial charge on any atom is 0.202 e. The Morgan fingerprint density at radius 3 is 2.94 bits per heavy atom. The lowest BCUT2D eigenvalue weighted by atomic mass is 10.1. The second-order valence-electron chi connectivity index (χ2n) is 4.26. The van der Waals surface area contributed by atoms with E-state index in [1.165, 1.54) is 0 Å². The molecule has 0 unspecified atom stereocenters. The second kappa shape index (κ2) is 7.28. The Kier molecular flexibility index (Phi) is 5.93. The molecule has 1 N–H and O–H groups in total. The molecule has 0 atom stereocenters. The molecule has 0 aliphatic heterocycles. The van der Waals surface area contributed by atoms with E-state index in [0.29, 0.717) is 5.92 Å². The highest BCUT2D eigenvalue weighted by atomic mass is 16.5. The predicted molar refractivity (Wildman–Crippen MR) is 66.7 cm³/mol. The Balaban J connectivity index is 2.07. The fourth-order valence-corrected chi connectivity index (χ4v) is 1.39. The number of nitrogens with one attached hydrogen (secondary N) is 1. The molecule has 4 nitrogen and oxygen atoms in total. The molecule has 92 valence electrons. The van der Waals surface area contributed by atoms with Crippen molar-refractivity contribution in [2.45, 2.75) is 33.7 Å². The van der Waals surface area contributed by atoms with E-state index in [1.807, 2.05) is 12.4 Å². The van der Waals surface area contributed by atoms with Gasteiger partial charge in [0, 0.05) is 32.1 Å². The Labute approximate surface area is 98.0 Å². The summed E-state index contributed by atoms with van der Waals surface area (Å²) in [6.45, 7) is 9.86. The molecule has 16 heavy (non-hydrogen) atoms. The first-order chi connectivity index (χ1) is 7.74. The van der Waals surface area contributed by atoms with Gasteiger partial charge in [-0.3, -0.25) is 0 Å². The molecule has 1 heterocycles. The van der Waals surface area contributed by atoms with Gasteiger partial charge in [-0.2, -0.15) is 0 Å². The van der Waals surface area contributed by atoms with Gasteiger partial charge in [-0.05, 0) is 19.3 Å². The molecule has 0 aliphatic rings. The molecule has 0 amide bonds. The summed E-state index contributed by atoms with van der Waals surface area (Å²) in [5.74, 6) is 1.64. The molecular formula is C12H23N3O. The zero-order valence-electron chi connectivity index (χ0n) is 10.6. The number of hydrogen-bond donors (Lipinski definition) is 1. The fourth-order valence-electron chi connectivity index (χ4n) is 1.39. The summed E-state index contributed by atoms with van der Waals surface area (Å²) in [6, 6.07) is 0. The molecule has 0 radical (unpaired) electrons. The lowest BCUT2D eigenvalue weighted by Crippen LogP contribution is -2.13. The van der Waals surface area contributed by atoms with Crippen molar-refractivity contribution in [3.63, 3.8) is 0 Å². The van der Waals surface area contributed by atoms with Crippen molar-refractivity contribution in [1.29, 1.82) is 0 Å². The van der Waals surface area contributed by atoms with Crippen LogP contribution in [0.2, 0.25) is 0 Å². The van der Waals surface area contributed by atoms with Crippen LogP contribution in [0.5, 0.6) is 0 Å². The van der Waals surface area contributed by atoms with Crippen molar-refractivity contribution < 1.29 is 4.74 Å². The van der Waals surface area contributed by atoms with Gasteiger partial charge in [-0.1, -0.05) is 13.8 Å². The second-order valence-corrected chi connectivity index (χ2v) is 4.26. The Morgan fingerprint density at radius 1 is 1.44 bits per heavy atom. The van der Waals surface area contributed by atoms with E-state index in [9.17, 15) is 0 Å². The van der Waals surface area contributed by atoms with Gasteiger partial charge in [-0.15, -0.1) is 0 Å². The molecule has 4 heteroatoms. The molecule has 0 spiro atoms. The zero-order chi connectivity index (χ0) is 11.8. The van der Waals surface area contributed by atoms with Crippen molar-refractivity contribution in [2.75, 3.05) is 25.1 Å². The molecule has 1 aromatic rings. The highest BCUT2D eigenvalue weighted by molar-refractivity contribution is 5.25. The molecule has 0 aromatic carbocycles. The van der Waals surface area contributed by atoms with E-state index in [2.05, 4.69) is 35.6 Å². The molecule has 1 aromatic heterocycles. The monoisotopic (exact) mass is 225 g/mol. The summed E-state index contributed by atoms with van der Waals surface area (Å²) in [5, 5.41) is 3.26. The van der Waals surface area contributed by atoms with Crippen molar-refractivity contribution in [1.82, 2.24) is 9.55 Å². The van der Waals surface area contributed by atoms with Crippen LogP contribution in [0.25, 0.3) is 0 Å². The summed E-state index contributed by atoms with van der Waals surface area (Å²) in [4.78, 5) is 4.23. The van der Waals surface area contributed by atoms with Crippen LogP contribution in [0.15, 0.2) is 12.4 Å². The number of aromatic nitrogens is 2. The molecule has 0 bridgehead atoms. The minimum Gasteiger partial charge on any atom is -0.380 e. The van der Waals surface area contributed by atoms with Crippen LogP contribution >= 0.6 is 0 Å². The predicted octanol–water partition coefficient (Wildman–Crippen LogP) is 2.38. The number of imidazole rings is 1. The van der Waals surface area contributed by atoms with Crippen LogP contribution in [0.3, 0.4) is 0 Å². The van der Waals surface area contributed by atoms with Crippen LogP contribution in [-0.2, 0) is 11.3 Å². The number of aryl methyl sites for hydroxylation is 1. The number of nitrogens with zero attached hydrogens (tertiary/aromatic N) is 2. The lowest BCUT2D eigenvalue weighted by molar-refractivity contribution is 0.132. The van der Waals surface area contributed by atoms with Crippen LogP contribution in [0.1, 0.15) is 27.2 Å². The maximum atomic E-state index is 5.52. The molecule has 0 saturated carbocycles. The van der Waals surface area contributed by atoms with Gasteiger partial charge in [0.2, 0.25) is 5.95 Å². The van der Waals surface area contributed by atoms with Gasteiger partial charge in [-0.25, -0.2) is 4.98 Å². The number of rotatable bonds is 8. The van der Waals surface area contributed by atoms with E-state index in [0.717, 1.165) is 38.7 Å². The van der Waals surface area contributed by atoms with Gasteiger partial charge < -0.3 is 14.6 Å². The van der Waals surface area contributed by atoms with Crippen molar-refractivity contribution in [3.05, 3.63) is 12.4 Å². The summed E-state index contributed by atoms with van der Waals surface area (Å²) in [5.41, 5.74) is 0. The number of anilines is 1. The first-order valence-electron chi connectivity index (χ1n) is 6.06. The van der Waals surface area contributed by atoms with E-state index in [1.54, 1.807) is 0 Å². The van der Waals surface area contributed by atoms with E-state index >= 15 is 0 Å². The van der Waals surface area contributed by atoms with Gasteiger partial charge in [0.1, 0.15) is 0 Å². The smallest absolute Gasteiger partial charge is 0.202 e. The Bertz CT molecular complexity index is 284. The van der Waals surface area contributed by atoms with E-state index in [-0.39, 0.29) is 0 Å². The van der Waals surface area contributed by atoms with Gasteiger partial charge >= 0.3 is 0 Å². The molecule has 1 rings (SSSR count). The average Bonchev–Trinajstić information content (AvgIpc) is 2.70. The summed E-state index contributed by atoms with van der Waals surface area (Å²) in [7, 11) is 0. The molecule has 0 aliphatic carbocycles. The first-order valence-corrected chi connectivity index (χ1v) is 6.06. The van der Waals surface area contributed by atoms with Crippen molar-refractivity contribution in [3.8, 4) is 0 Å². The van der Waals surface area contributed by atoms with Gasteiger partial charge in [0.05, 0.1) is 6.61 Å². The van der Waals surface area contributed by atoms with E-state index in [4.69, 9.17) is 4.74 Å². The summed E-state index contributed by atoms with van der Waals surface area (Å²) in [6.07, 6.45) is 4.91. The third kappa shape index (κ3) is 4.66. The topological polar surface area (TPSA) is 39.1 Å². The first kappa shape index (κ1) is 13.0. The number of hydrogen-bond acceptors (Lipinski definition) is 3. The third-order valence-electron chi connectivity index (χ3n) is 2.43. The number of ether oxygens (including phenoxy) is 1. The van der Waals surface area contributed by atoms with Crippen LogP contribution in [-0.4, -0.2) is 29.3 Å². The maximum absolute atomic E-state index is 5.52. The Morgan fingerprint density at radius 2 is 2.25 bits per heavy atom. The highest BCUT2D eigenvalue weighted by Crippen LogP contribution is 2.03. The van der Waals surface area contributed by atoms with Crippen LogP contribution in [0, 0.1) is 5.92 Å². The minimum atomic E-state index is 0.715. The Hall–Kier alpha value is -1.03. The van der Waals surface area contributed by atoms with Gasteiger partial charge in [0.15, 0.2) is 0 Å². The largest absolute Gasteiger partial charge is 0.380 e. The summed E-state index contributed by atoms with van der Waals surface area (Å²) < 4.78 is 7.59.